The summed E-state index contributed by atoms with van der Waals surface area (Å²) in [6.07, 6.45) is 2.28. The van der Waals surface area contributed by atoms with Crippen LogP contribution in [-0.4, -0.2) is 30.5 Å². The standard InChI is InChI=1S/C11H20ClNO2/c1-8(9-5-4-6-15-9)13-10(14)11(2,3)7-12/h8-9H,4-7H2,1-3H3,(H,13,14). The number of nitrogens with one attached hydrogen (secondary N) is 1. The lowest BCUT2D eigenvalue weighted by Gasteiger charge is -2.26. The molecule has 1 rings (SSSR count). The topological polar surface area (TPSA) is 38.3 Å². The van der Waals surface area contributed by atoms with Crippen molar-refractivity contribution in [3.05, 3.63) is 0 Å². The minimum atomic E-state index is -0.506. The van der Waals surface area contributed by atoms with Crippen molar-refractivity contribution < 1.29 is 9.53 Å². The first kappa shape index (κ1) is 12.8. The molecule has 15 heavy (non-hydrogen) atoms. The minimum absolute atomic E-state index is 0.000463. The fourth-order valence-corrected chi connectivity index (χ4v) is 1.67. The van der Waals surface area contributed by atoms with Crippen molar-refractivity contribution in [3.8, 4) is 0 Å². The highest BCUT2D eigenvalue weighted by atomic mass is 35.5. The molecule has 2 unspecified atom stereocenters. The van der Waals surface area contributed by atoms with Gasteiger partial charge in [0, 0.05) is 12.5 Å². The third kappa shape index (κ3) is 3.35. The van der Waals surface area contributed by atoms with E-state index in [1.54, 1.807) is 0 Å². The van der Waals surface area contributed by atoms with Crippen molar-refractivity contribution in [1.29, 1.82) is 0 Å². The lowest BCUT2D eigenvalue weighted by molar-refractivity contribution is -0.129. The van der Waals surface area contributed by atoms with Crippen LogP contribution in [0.3, 0.4) is 0 Å². The second-order valence-electron chi connectivity index (χ2n) is 4.83. The Morgan fingerprint density at radius 2 is 2.33 bits per heavy atom. The maximum Gasteiger partial charge on any atom is 0.227 e. The molecule has 1 N–H and O–H groups in total. The molecule has 1 amide bonds. The summed E-state index contributed by atoms with van der Waals surface area (Å²) in [5.41, 5.74) is -0.506. The summed E-state index contributed by atoms with van der Waals surface area (Å²) in [4.78, 5) is 11.8. The van der Waals surface area contributed by atoms with Gasteiger partial charge >= 0.3 is 0 Å². The average molecular weight is 234 g/mol. The van der Waals surface area contributed by atoms with E-state index in [1.807, 2.05) is 20.8 Å². The first-order chi connectivity index (χ1) is 6.97. The number of alkyl halides is 1. The van der Waals surface area contributed by atoms with Crippen molar-refractivity contribution in [3.63, 3.8) is 0 Å². The first-order valence-corrected chi connectivity index (χ1v) is 5.99. The van der Waals surface area contributed by atoms with E-state index in [0.29, 0.717) is 5.88 Å². The zero-order chi connectivity index (χ0) is 11.5. The van der Waals surface area contributed by atoms with Gasteiger partial charge in [0.15, 0.2) is 0 Å². The molecule has 88 valence electrons. The van der Waals surface area contributed by atoms with E-state index < -0.39 is 5.41 Å². The van der Waals surface area contributed by atoms with Crippen LogP contribution in [0.2, 0.25) is 0 Å². The molecule has 2 atom stereocenters. The number of hydrogen-bond acceptors (Lipinski definition) is 2. The third-order valence-electron chi connectivity index (χ3n) is 2.83. The van der Waals surface area contributed by atoms with Gasteiger partial charge in [-0.2, -0.15) is 0 Å². The van der Waals surface area contributed by atoms with E-state index in [-0.39, 0.29) is 18.1 Å². The Morgan fingerprint density at radius 1 is 1.67 bits per heavy atom. The molecule has 0 aromatic heterocycles. The van der Waals surface area contributed by atoms with Gasteiger partial charge < -0.3 is 10.1 Å². The van der Waals surface area contributed by atoms with E-state index >= 15 is 0 Å². The van der Waals surface area contributed by atoms with Crippen LogP contribution in [0, 0.1) is 5.41 Å². The molecule has 0 aromatic carbocycles. The molecule has 1 fully saturated rings. The molecule has 0 aromatic rings. The maximum absolute atomic E-state index is 11.8. The van der Waals surface area contributed by atoms with Gasteiger partial charge in [0.25, 0.3) is 0 Å². The van der Waals surface area contributed by atoms with Gasteiger partial charge in [0.2, 0.25) is 5.91 Å². The smallest absolute Gasteiger partial charge is 0.227 e. The zero-order valence-electron chi connectivity index (χ0n) is 9.68. The van der Waals surface area contributed by atoms with E-state index in [0.717, 1.165) is 19.4 Å². The minimum Gasteiger partial charge on any atom is -0.376 e. The van der Waals surface area contributed by atoms with Crippen LogP contribution in [0.4, 0.5) is 0 Å². The molecule has 1 aliphatic rings. The van der Waals surface area contributed by atoms with E-state index in [9.17, 15) is 4.79 Å². The lowest BCUT2D eigenvalue weighted by Crippen LogP contribution is -2.47. The summed E-state index contributed by atoms with van der Waals surface area (Å²) in [6.45, 7) is 6.48. The van der Waals surface area contributed by atoms with Gasteiger partial charge in [0.1, 0.15) is 0 Å². The fraction of sp³-hybridized carbons (Fsp3) is 0.909. The summed E-state index contributed by atoms with van der Waals surface area (Å²) in [6, 6.07) is 0.0718. The van der Waals surface area contributed by atoms with Crippen LogP contribution in [0.1, 0.15) is 33.6 Å². The van der Waals surface area contributed by atoms with Crippen LogP contribution in [0.25, 0.3) is 0 Å². The van der Waals surface area contributed by atoms with Crippen LogP contribution in [0.15, 0.2) is 0 Å². The van der Waals surface area contributed by atoms with Crippen LogP contribution in [-0.2, 0) is 9.53 Å². The number of rotatable bonds is 4. The van der Waals surface area contributed by atoms with Crippen molar-refractivity contribution in [2.75, 3.05) is 12.5 Å². The van der Waals surface area contributed by atoms with Crippen molar-refractivity contribution >= 4 is 17.5 Å². The van der Waals surface area contributed by atoms with Crippen molar-refractivity contribution in [2.45, 2.75) is 45.8 Å². The van der Waals surface area contributed by atoms with E-state index in [4.69, 9.17) is 16.3 Å². The average Bonchev–Trinajstić information content (AvgIpc) is 2.70. The molecular formula is C11H20ClNO2. The van der Waals surface area contributed by atoms with Crippen LogP contribution in [0.5, 0.6) is 0 Å². The largest absolute Gasteiger partial charge is 0.376 e. The fourth-order valence-electron chi connectivity index (χ4n) is 1.55. The molecule has 1 aliphatic heterocycles. The summed E-state index contributed by atoms with van der Waals surface area (Å²) in [5.74, 6) is 0.331. The van der Waals surface area contributed by atoms with Crippen LogP contribution >= 0.6 is 11.6 Å². The van der Waals surface area contributed by atoms with Gasteiger partial charge in [-0.25, -0.2) is 0 Å². The summed E-state index contributed by atoms with van der Waals surface area (Å²) in [7, 11) is 0. The molecule has 3 nitrogen and oxygen atoms in total. The molecule has 1 saturated heterocycles. The van der Waals surface area contributed by atoms with E-state index in [1.165, 1.54) is 0 Å². The molecular weight excluding hydrogens is 214 g/mol. The number of carbonyl (C=O) groups excluding carboxylic acids is 1. The Balaban J connectivity index is 2.43. The highest BCUT2D eigenvalue weighted by molar-refractivity contribution is 6.19. The Kier molecular flexibility index (Phi) is 4.41. The van der Waals surface area contributed by atoms with Gasteiger partial charge in [-0.3, -0.25) is 4.79 Å². The highest BCUT2D eigenvalue weighted by Gasteiger charge is 2.30. The van der Waals surface area contributed by atoms with Crippen molar-refractivity contribution in [1.82, 2.24) is 5.32 Å². The van der Waals surface area contributed by atoms with E-state index in [2.05, 4.69) is 5.32 Å². The van der Waals surface area contributed by atoms with Crippen LogP contribution < -0.4 is 5.32 Å². The predicted octanol–water partition coefficient (Wildman–Crippen LogP) is 1.94. The molecule has 0 bridgehead atoms. The second-order valence-corrected chi connectivity index (χ2v) is 5.10. The van der Waals surface area contributed by atoms with Gasteiger partial charge in [-0.15, -0.1) is 11.6 Å². The third-order valence-corrected chi connectivity index (χ3v) is 3.50. The predicted molar refractivity (Wildman–Crippen MR) is 61.1 cm³/mol. The molecule has 0 radical (unpaired) electrons. The van der Waals surface area contributed by atoms with Crippen molar-refractivity contribution in [2.24, 2.45) is 5.41 Å². The van der Waals surface area contributed by atoms with Gasteiger partial charge in [0.05, 0.1) is 17.6 Å². The first-order valence-electron chi connectivity index (χ1n) is 5.46. The normalized spacial score (nSPS) is 23.9. The van der Waals surface area contributed by atoms with Gasteiger partial charge in [-0.1, -0.05) is 0 Å². The Morgan fingerprint density at radius 3 is 2.80 bits per heavy atom. The molecule has 1 heterocycles. The Bertz CT molecular complexity index is 225. The molecule has 0 spiro atoms. The number of hydrogen-bond donors (Lipinski definition) is 1. The number of halogens is 1. The van der Waals surface area contributed by atoms with Gasteiger partial charge in [-0.05, 0) is 33.6 Å². The zero-order valence-corrected chi connectivity index (χ0v) is 10.4. The highest BCUT2D eigenvalue weighted by Crippen LogP contribution is 2.20. The number of carbonyl (C=O) groups is 1. The summed E-state index contributed by atoms with van der Waals surface area (Å²) in [5, 5.41) is 2.96. The molecule has 0 aliphatic carbocycles. The lowest BCUT2D eigenvalue weighted by atomic mass is 9.94. The quantitative estimate of drug-likeness (QED) is 0.754. The molecule has 0 saturated carbocycles. The SMILES string of the molecule is CC(NC(=O)C(C)(C)CCl)C1CCCO1. The number of amides is 1. The maximum atomic E-state index is 11.8. The summed E-state index contributed by atoms with van der Waals surface area (Å²) < 4.78 is 5.51. The Hall–Kier alpha value is -0.280. The molecule has 4 heteroatoms. The number of ether oxygens (including phenoxy) is 1. The monoisotopic (exact) mass is 233 g/mol. The summed E-state index contributed by atoms with van der Waals surface area (Å²) >= 11 is 5.74. The second kappa shape index (κ2) is 5.17. The Labute approximate surface area is 96.5 Å².